The number of unbranched alkanes of at least 4 members (excludes halogenated alkanes) is 4. The van der Waals surface area contributed by atoms with Crippen LogP contribution in [0.3, 0.4) is 0 Å². The standard InChI is InChI=1S/C6H11Br.C6H11N3.N3.Na/c1-2-3-4-5-6-7;1-2-3-4-5-6-8-9-7;1-3-2;/h2H,1,3-6H2;2H,1,3-6H2;;/q;;-1;+1. The molecular weight excluding hydrogens is 331 g/mol. The normalized spacial score (nSPS) is 7.05. The summed E-state index contributed by atoms with van der Waals surface area (Å²) in [5.74, 6) is 0. The van der Waals surface area contributed by atoms with Crippen molar-refractivity contribution in [1.82, 2.24) is 0 Å². The fourth-order valence-electron chi connectivity index (χ4n) is 0.899. The van der Waals surface area contributed by atoms with E-state index >= 15 is 0 Å². The monoisotopic (exact) mass is 352 g/mol. The summed E-state index contributed by atoms with van der Waals surface area (Å²) >= 11 is 3.35. The van der Waals surface area contributed by atoms with E-state index in [0.717, 1.165) is 31.0 Å². The number of halogens is 1. The predicted molar refractivity (Wildman–Crippen MR) is 86.0 cm³/mol. The number of azide groups is 1. The molecule has 0 aliphatic heterocycles. The van der Waals surface area contributed by atoms with Gasteiger partial charge in [0, 0.05) is 16.8 Å². The first-order valence-corrected chi connectivity index (χ1v) is 7.14. The summed E-state index contributed by atoms with van der Waals surface area (Å²) in [5, 5.41) is 4.52. The van der Waals surface area contributed by atoms with Gasteiger partial charge >= 0.3 is 29.6 Å². The minimum absolute atomic E-state index is 0. The van der Waals surface area contributed by atoms with Gasteiger partial charge in [-0.1, -0.05) is 33.2 Å². The van der Waals surface area contributed by atoms with Crippen LogP contribution in [0.1, 0.15) is 38.5 Å². The molecule has 0 bridgehead atoms. The molecule has 0 spiro atoms. The van der Waals surface area contributed by atoms with Gasteiger partial charge in [-0.25, -0.2) is 0 Å². The van der Waals surface area contributed by atoms with Gasteiger partial charge in [-0.2, -0.15) is 0 Å². The minimum atomic E-state index is 0. The van der Waals surface area contributed by atoms with Crippen molar-refractivity contribution in [1.29, 1.82) is 0 Å². The Hall–Kier alpha value is -0.420. The maximum atomic E-state index is 7.86. The fourth-order valence-corrected chi connectivity index (χ4v) is 1.30. The molecule has 0 rings (SSSR count). The van der Waals surface area contributed by atoms with Gasteiger partial charge in [-0.15, -0.1) is 13.2 Å². The average Bonchev–Trinajstić information content (AvgIpc) is 2.41. The van der Waals surface area contributed by atoms with Crippen LogP contribution < -0.4 is 29.6 Å². The third-order valence-corrected chi connectivity index (χ3v) is 2.33. The third-order valence-electron chi connectivity index (χ3n) is 1.77. The van der Waals surface area contributed by atoms with Gasteiger partial charge in [0.1, 0.15) is 0 Å². The van der Waals surface area contributed by atoms with Crippen molar-refractivity contribution in [2.45, 2.75) is 38.5 Å². The van der Waals surface area contributed by atoms with Crippen LogP contribution in [-0.2, 0) is 0 Å². The molecule has 0 aliphatic carbocycles. The number of nitrogens with zero attached hydrogens (tertiary/aromatic N) is 6. The maximum Gasteiger partial charge on any atom is 1.00 e. The molecular formula is C12H22BrN6Na. The Labute approximate surface area is 152 Å². The molecule has 8 heteroatoms. The summed E-state index contributed by atoms with van der Waals surface area (Å²) in [6, 6.07) is 0. The average molecular weight is 353 g/mol. The van der Waals surface area contributed by atoms with Crippen LogP contribution in [0.25, 0.3) is 26.4 Å². The molecule has 0 saturated carbocycles. The summed E-state index contributed by atoms with van der Waals surface area (Å²) in [4.78, 5) is 4.13. The molecule has 0 unspecified atom stereocenters. The van der Waals surface area contributed by atoms with Crippen molar-refractivity contribution in [2.75, 3.05) is 11.9 Å². The summed E-state index contributed by atoms with van der Waals surface area (Å²) in [6.45, 7) is 7.81. The summed E-state index contributed by atoms with van der Waals surface area (Å²) in [5.41, 5.74) is 21.4. The SMILES string of the molecule is C=CCCCCBr.C=CCCCCN=[N+]=[N-].[N-]=[N+]=[N-].[Na+]. The Morgan fingerprint density at radius 3 is 1.75 bits per heavy atom. The third kappa shape index (κ3) is 52.7. The molecule has 0 amide bonds. The number of rotatable bonds is 9. The quantitative estimate of drug-likeness (QED) is 0.115. The maximum absolute atomic E-state index is 7.86. The van der Waals surface area contributed by atoms with Crippen molar-refractivity contribution in [2.24, 2.45) is 5.11 Å². The molecule has 108 valence electrons. The zero-order valence-electron chi connectivity index (χ0n) is 12.3. The Bertz CT molecular complexity index is 273. The van der Waals surface area contributed by atoms with E-state index in [9.17, 15) is 0 Å². The molecule has 0 aliphatic rings. The second-order valence-corrected chi connectivity index (χ2v) is 4.09. The van der Waals surface area contributed by atoms with E-state index in [1.165, 1.54) is 17.8 Å². The van der Waals surface area contributed by atoms with Crippen LogP contribution in [-0.4, -0.2) is 11.9 Å². The van der Waals surface area contributed by atoms with E-state index in [1.54, 1.807) is 0 Å². The van der Waals surface area contributed by atoms with Gasteiger partial charge in [-0.05, 0) is 44.1 Å². The molecule has 0 heterocycles. The Balaban J connectivity index is -0.000000105. The fraction of sp³-hybridized carbons (Fsp3) is 0.667. The number of hydrogen-bond acceptors (Lipinski definition) is 1. The summed E-state index contributed by atoms with van der Waals surface area (Å²) < 4.78 is 0. The first-order valence-electron chi connectivity index (χ1n) is 6.02. The molecule has 0 fully saturated rings. The van der Waals surface area contributed by atoms with E-state index in [1.807, 2.05) is 12.2 Å². The van der Waals surface area contributed by atoms with Gasteiger partial charge in [-0.3, -0.25) is 4.91 Å². The van der Waals surface area contributed by atoms with Crippen molar-refractivity contribution >= 4 is 15.9 Å². The summed E-state index contributed by atoms with van der Waals surface area (Å²) in [7, 11) is 0. The zero-order valence-corrected chi connectivity index (χ0v) is 15.9. The van der Waals surface area contributed by atoms with Crippen molar-refractivity contribution in [3.63, 3.8) is 0 Å². The predicted octanol–water partition coefficient (Wildman–Crippen LogP) is 3.26. The topological polar surface area (TPSA) is 107 Å². The molecule has 0 saturated heterocycles. The van der Waals surface area contributed by atoms with E-state index < -0.39 is 0 Å². The van der Waals surface area contributed by atoms with Gasteiger partial charge in [0.2, 0.25) is 0 Å². The van der Waals surface area contributed by atoms with Crippen LogP contribution in [0, 0.1) is 0 Å². The second kappa shape index (κ2) is 36.3. The molecule has 0 aromatic heterocycles. The van der Waals surface area contributed by atoms with Crippen LogP contribution in [0.15, 0.2) is 30.4 Å². The van der Waals surface area contributed by atoms with Crippen LogP contribution in [0.4, 0.5) is 0 Å². The number of hydrogen-bond donors (Lipinski definition) is 0. The summed E-state index contributed by atoms with van der Waals surface area (Å²) in [6.07, 6.45) is 10.6. The van der Waals surface area contributed by atoms with E-state index in [2.05, 4.69) is 39.1 Å². The zero-order chi connectivity index (χ0) is 15.2. The Morgan fingerprint density at radius 1 is 0.950 bits per heavy atom. The van der Waals surface area contributed by atoms with Gasteiger partial charge < -0.3 is 11.1 Å². The molecule has 20 heavy (non-hydrogen) atoms. The number of allylic oxidation sites excluding steroid dienone is 2. The van der Waals surface area contributed by atoms with Crippen molar-refractivity contribution in [3.05, 3.63) is 51.7 Å². The second-order valence-electron chi connectivity index (χ2n) is 3.30. The molecule has 0 atom stereocenters. The van der Waals surface area contributed by atoms with Crippen LogP contribution in [0.5, 0.6) is 0 Å². The number of alkyl halides is 1. The van der Waals surface area contributed by atoms with E-state index in [0.29, 0.717) is 6.54 Å². The Morgan fingerprint density at radius 2 is 1.40 bits per heavy atom. The van der Waals surface area contributed by atoms with Crippen molar-refractivity contribution in [3.8, 4) is 0 Å². The minimum Gasteiger partial charge on any atom is -0.373 e. The van der Waals surface area contributed by atoms with E-state index in [-0.39, 0.29) is 29.6 Å². The smallest absolute Gasteiger partial charge is 0.373 e. The molecule has 6 nitrogen and oxygen atoms in total. The first-order chi connectivity index (χ1) is 9.24. The molecule has 0 aromatic carbocycles. The van der Waals surface area contributed by atoms with Crippen molar-refractivity contribution < 1.29 is 29.6 Å². The van der Waals surface area contributed by atoms with Crippen LogP contribution in [0.2, 0.25) is 0 Å². The van der Waals surface area contributed by atoms with Gasteiger partial charge in [0.25, 0.3) is 0 Å². The van der Waals surface area contributed by atoms with Crippen LogP contribution >= 0.6 is 15.9 Å². The molecule has 0 N–H and O–H groups in total. The first kappa shape index (κ1) is 27.8. The largest absolute Gasteiger partial charge is 1.00 e. The van der Waals surface area contributed by atoms with Gasteiger partial charge in [0.05, 0.1) is 0 Å². The molecule has 0 aromatic rings. The molecule has 0 radical (unpaired) electrons. The van der Waals surface area contributed by atoms with E-state index in [4.69, 9.17) is 16.6 Å². The Kier molecular flexibility index (Phi) is 50.5. The van der Waals surface area contributed by atoms with Gasteiger partial charge in [0.15, 0.2) is 0 Å².